The normalized spacial score (nSPS) is 10.4. The summed E-state index contributed by atoms with van der Waals surface area (Å²) >= 11 is 0. The monoisotopic (exact) mass is 266 g/mol. The van der Waals surface area contributed by atoms with Gasteiger partial charge in [0, 0.05) is 30.6 Å². The Morgan fingerprint density at radius 2 is 2.00 bits per heavy atom. The summed E-state index contributed by atoms with van der Waals surface area (Å²) in [5.41, 5.74) is 8.48. The van der Waals surface area contributed by atoms with Crippen molar-refractivity contribution in [3.63, 3.8) is 0 Å². The number of nitrogens with zero attached hydrogens (tertiary/aromatic N) is 4. The molecule has 0 bridgehead atoms. The number of hydrogen-bond acceptors (Lipinski definition) is 5. The van der Waals surface area contributed by atoms with Gasteiger partial charge in [-0.2, -0.15) is 5.10 Å². The summed E-state index contributed by atoms with van der Waals surface area (Å²) in [6.07, 6.45) is 3.34. The lowest BCUT2D eigenvalue weighted by molar-refractivity contribution is 0.771. The van der Waals surface area contributed by atoms with E-state index in [-0.39, 0.29) is 0 Å². The standard InChI is InChI=1S/C14H14N6/c1-20-7-6-12(19-20)10-4-2-3-5-11(10)18-14-8-13(15)16-9-17-14/h2-9H,1H3,(H3,15,16,17,18). The van der Waals surface area contributed by atoms with Gasteiger partial charge in [0.25, 0.3) is 0 Å². The molecule has 0 saturated heterocycles. The van der Waals surface area contributed by atoms with E-state index in [0.29, 0.717) is 11.6 Å². The van der Waals surface area contributed by atoms with Crippen molar-refractivity contribution in [2.45, 2.75) is 0 Å². The predicted molar refractivity (Wildman–Crippen MR) is 78.4 cm³/mol. The lowest BCUT2D eigenvalue weighted by Crippen LogP contribution is -1.99. The van der Waals surface area contributed by atoms with E-state index in [1.54, 1.807) is 10.7 Å². The smallest absolute Gasteiger partial charge is 0.135 e. The fourth-order valence-electron chi connectivity index (χ4n) is 1.95. The van der Waals surface area contributed by atoms with Gasteiger partial charge in [-0.1, -0.05) is 18.2 Å². The van der Waals surface area contributed by atoms with E-state index in [9.17, 15) is 0 Å². The molecule has 0 fully saturated rings. The summed E-state index contributed by atoms with van der Waals surface area (Å²) in [7, 11) is 1.89. The average Bonchev–Trinajstić information content (AvgIpc) is 2.86. The summed E-state index contributed by atoms with van der Waals surface area (Å²) < 4.78 is 1.77. The van der Waals surface area contributed by atoms with Crippen molar-refractivity contribution >= 4 is 17.3 Å². The zero-order valence-electron chi connectivity index (χ0n) is 11.0. The molecule has 2 aromatic heterocycles. The summed E-state index contributed by atoms with van der Waals surface area (Å²) in [5, 5.41) is 7.66. The number of rotatable bonds is 3. The van der Waals surface area contributed by atoms with Crippen molar-refractivity contribution in [3.8, 4) is 11.3 Å². The number of benzene rings is 1. The third kappa shape index (κ3) is 2.44. The zero-order valence-corrected chi connectivity index (χ0v) is 11.0. The number of anilines is 3. The van der Waals surface area contributed by atoms with Crippen LogP contribution in [0.1, 0.15) is 0 Å². The molecule has 20 heavy (non-hydrogen) atoms. The third-order valence-electron chi connectivity index (χ3n) is 2.87. The second-order valence-corrected chi connectivity index (χ2v) is 4.37. The maximum absolute atomic E-state index is 5.66. The minimum atomic E-state index is 0.429. The summed E-state index contributed by atoms with van der Waals surface area (Å²) in [6, 6.07) is 11.6. The number of hydrogen-bond donors (Lipinski definition) is 2. The summed E-state index contributed by atoms with van der Waals surface area (Å²) in [4.78, 5) is 8.02. The van der Waals surface area contributed by atoms with Gasteiger partial charge >= 0.3 is 0 Å². The number of nitrogens with one attached hydrogen (secondary N) is 1. The second-order valence-electron chi connectivity index (χ2n) is 4.37. The van der Waals surface area contributed by atoms with Gasteiger partial charge in [-0.15, -0.1) is 0 Å². The molecule has 6 heteroatoms. The van der Waals surface area contributed by atoms with Crippen molar-refractivity contribution in [3.05, 3.63) is 48.9 Å². The van der Waals surface area contributed by atoms with Crippen LogP contribution in [0.25, 0.3) is 11.3 Å². The minimum absolute atomic E-state index is 0.429. The van der Waals surface area contributed by atoms with Gasteiger partial charge in [-0.05, 0) is 12.1 Å². The van der Waals surface area contributed by atoms with E-state index >= 15 is 0 Å². The number of aromatic nitrogens is 4. The molecule has 3 aromatic rings. The third-order valence-corrected chi connectivity index (χ3v) is 2.87. The van der Waals surface area contributed by atoms with Crippen LogP contribution in [0.15, 0.2) is 48.9 Å². The largest absolute Gasteiger partial charge is 0.384 e. The van der Waals surface area contributed by atoms with Gasteiger partial charge in [0.2, 0.25) is 0 Å². The maximum Gasteiger partial charge on any atom is 0.135 e. The molecule has 6 nitrogen and oxygen atoms in total. The van der Waals surface area contributed by atoms with E-state index in [2.05, 4.69) is 20.4 Å². The Morgan fingerprint density at radius 1 is 1.15 bits per heavy atom. The molecule has 100 valence electrons. The number of nitrogen functional groups attached to an aromatic ring is 1. The molecule has 0 atom stereocenters. The highest BCUT2D eigenvalue weighted by Crippen LogP contribution is 2.28. The van der Waals surface area contributed by atoms with Crippen LogP contribution in [0.3, 0.4) is 0 Å². The van der Waals surface area contributed by atoms with Crippen LogP contribution in [0.5, 0.6) is 0 Å². The average molecular weight is 266 g/mol. The molecule has 0 aliphatic rings. The van der Waals surface area contributed by atoms with Crippen LogP contribution in [-0.2, 0) is 7.05 Å². The van der Waals surface area contributed by atoms with Crippen molar-refractivity contribution in [2.24, 2.45) is 7.05 Å². The summed E-state index contributed by atoms with van der Waals surface area (Å²) in [5.74, 6) is 1.08. The first-order chi connectivity index (χ1) is 9.72. The molecule has 0 unspecified atom stereocenters. The molecule has 3 rings (SSSR count). The predicted octanol–water partition coefficient (Wildman–Crippen LogP) is 2.20. The fraction of sp³-hybridized carbons (Fsp3) is 0.0714. The topological polar surface area (TPSA) is 81.7 Å². The quantitative estimate of drug-likeness (QED) is 0.759. The van der Waals surface area contributed by atoms with Crippen molar-refractivity contribution in [1.29, 1.82) is 0 Å². The first-order valence-corrected chi connectivity index (χ1v) is 6.16. The van der Waals surface area contributed by atoms with Crippen molar-refractivity contribution in [1.82, 2.24) is 19.7 Å². The van der Waals surface area contributed by atoms with Gasteiger partial charge < -0.3 is 11.1 Å². The van der Waals surface area contributed by atoms with E-state index in [1.165, 1.54) is 6.33 Å². The molecule has 0 radical (unpaired) electrons. The molecule has 0 aliphatic heterocycles. The molecule has 0 aliphatic carbocycles. The first kappa shape index (κ1) is 12.2. The summed E-state index contributed by atoms with van der Waals surface area (Å²) in [6.45, 7) is 0. The van der Waals surface area contributed by atoms with E-state index in [1.807, 2.05) is 43.6 Å². The van der Waals surface area contributed by atoms with Crippen LogP contribution < -0.4 is 11.1 Å². The van der Waals surface area contributed by atoms with Gasteiger partial charge in [-0.3, -0.25) is 4.68 Å². The van der Waals surface area contributed by atoms with Crippen LogP contribution >= 0.6 is 0 Å². The highest BCUT2D eigenvalue weighted by atomic mass is 15.2. The molecular formula is C14H14N6. The Hall–Kier alpha value is -2.89. The maximum atomic E-state index is 5.66. The van der Waals surface area contributed by atoms with E-state index in [4.69, 9.17) is 5.73 Å². The zero-order chi connectivity index (χ0) is 13.9. The number of aryl methyl sites for hydroxylation is 1. The Bertz CT molecular complexity index is 734. The molecule has 1 aromatic carbocycles. The molecule has 2 heterocycles. The van der Waals surface area contributed by atoms with E-state index in [0.717, 1.165) is 16.9 Å². The second kappa shape index (κ2) is 5.00. The minimum Gasteiger partial charge on any atom is -0.384 e. The highest BCUT2D eigenvalue weighted by Gasteiger charge is 2.08. The Morgan fingerprint density at radius 3 is 2.75 bits per heavy atom. The van der Waals surface area contributed by atoms with Gasteiger partial charge in [-0.25, -0.2) is 9.97 Å². The molecule has 0 saturated carbocycles. The van der Waals surface area contributed by atoms with Crippen LogP contribution in [0, 0.1) is 0 Å². The first-order valence-electron chi connectivity index (χ1n) is 6.16. The molecule has 0 spiro atoms. The van der Waals surface area contributed by atoms with Gasteiger partial charge in [0.15, 0.2) is 0 Å². The number of nitrogens with two attached hydrogens (primary N) is 1. The molecule has 3 N–H and O–H groups in total. The van der Waals surface area contributed by atoms with Gasteiger partial charge in [0.1, 0.15) is 18.0 Å². The Balaban J connectivity index is 1.98. The van der Waals surface area contributed by atoms with Crippen LogP contribution in [-0.4, -0.2) is 19.7 Å². The number of para-hydroxylation sites is 1. The SMILES string of the molecule is Cn1ccc(-c2ccccc2Nc2cc(N)ncn2)n1. The van der Waals surface area contributed by atoms with E-state index < -0.39 is 0 Å². The van der Waals surface area contributed by atoms with Crippen molar-refractivity contribution < 1.29 is 0 Å². The lowest BCUT2D eigenvalue weighted by Gasteiger charge is -2.09. The van der Waals surface area contributed by atoms with Crippen LogP contribution in [0.4, 0.5) is 17.3 Å². The van der Waals surface area contributed by atoms with Gasteiger partial charge in [0.05, 0.1) is 5.69 Å². The Kier molecular flexibility index (Phi) is 3.04. The van der Waals surface area contributed by atoms with Crippen molar-refractivity contribution in [2.75, 3.05) is 11.1 Å². The fourth-order valence-corrected chi connectivity index (χ4v) is 1.95. The van der Waals surface area contributed by atoms with Crippen LogP contribution in [0.2, 0.25) is 0 Å². The highest BCUT2D eigenvalue weighted by molar-refractivity contribution is 5.78. The molecular weight excluding hydrogens is 252 g/mol. The molecule has 0 amide bonds. The Labute approximate surface area is 116 Å². The lowest BCUT2D eigenvalue weighted by atomic mass is 10.1.